The molecule has 0 aromatic rings. The van der Waals surface area contributed by atoms with E-state index in [9.17, 15) is 5.11 Å². The van der Waals surface area contributed by atoms with E-state index in [0.717, 1.165) is 18.3 Å². The van der Waals surface area contributed by atoms with Crippen LogP contribution in [0.4, 0.5) is 0 Å². The van der Waals surface area contributed by atoms with E-state index >= 15 is 0 Å². The molecule has 1 saturated heterocycles. The largest absolute Gasteiger partial charge is 0.386 e. The van der Waals surface area contributed by atoms with Crippen LogP contribution in [0.2, 0.25) is 0 Å². The molecule has 0 aromatic carbocycles. The maximum absolute atomic E-state index is 10.4. The number of aliphatic hydroxyl groups is 1. The van der Waals surface area contributed by atoms with Gasteiger partial charge in [0.05, 0.1) is 6.10 Å². The Hall–Kier alpha value is -0.120. The zero-order valence-electron chi connectivity index (χ0n) is 11.4. The summed E-state index contributed by atoms with van der Waals surface area (Å²) in [6.45, 7) is 8.04. The molecule has 0 bridgehead atoms. The third kappa shape index (κ3) is 3.01. The van der Waals surface area contributed by atoms with E-state index in [1.54, 1.807) is 0 Å². The molecule has 17 heavy (non-hydrogen) atoms. The second-order valence-corrected chi connectivity index (χ2v) is 6.21. The molecule has 2 fully saturated rings. The Morgan fingerprint density at radius 2 is 2.00 bits per heavy atom. The first-order valence-corrected chi connectivity index (χ1v) is 7.08. The SMILES string of the molecule is CC1CCC(NCC2(O)CCOC2C)CC1C. The van der Waals surface area contributed by atoms with Crippen molar-refractivity contribution in [1.82, 2.24) is 5.32 Å². The molecule has 0 amide bonds. The molecule has 1 saturated carbocycles. The Bertz CT molecular complexity index is 259. The Morgan fingerprint density at radius 1 is 1.24 bits per heavy atom. The van der Waals surface area contributed by atoms with Gasteiger partial charge in [-0.25, -0.2) is 0 Å². The molecule has 5 unspecified atom stereocenters. The third-order valence-corrected chi connectivity index (χ3v) is 4.95. The van der Waals surface area contributed by atoms with Gasteiger partial charge in [-0.1, -0.05) is 13.8 Å². The summed E-state index contributed by atoms with van der Waals surface area (Å²) in [6, 6.07) is 0.582. The average Bonchev–Trinajstić information content (AvgIpc) is 2.62. The van der Waals surface area contributed by atoms with Gasteiger partial charge in [0.2, 0.25) is 0 Å². The van der Waals surface area contributed by atoms with Crippen LogP contribution >= 0.6 is 0 Å². The van der Waals surface area contributed by atoms with Crippen molar-refractivity contribution in [2.24, 2.45) is 11.8 Å². The Balaban J connectivity index is 1.78. The molecule has 2 rings (SSSR count). The summed E-state index contributed by atoms with van der Waals surface area (Å²) in [5.74, 6) is 1.65. The van der Waals surface area contributed by atoms with Crippen LogP contribution < -0.4 is 5.32 Å². The minimum atomic E-state index is -0.647. The smallest absolute Gasteiger partial charge is 0.105 e. The number of rotatable bonds is 3. The zero-order valence-corrected chi connectivity index (χ0v) is 11.4. The molecule has 3 heteroatoms. The summed E-state index contributed by atoms with van der Waals surface area (Å²) >= 11 is 0. The zero-order chi connectivity index (χ0) is 12.5. The first kappa shape index (κ1) is 13.3. The fourth-order valence-corrected chi connectivity index (χ4v) is 3.06. The lowest BCUT2D eigenvalue weighted by Crippen LogP contribution is -2.49. The van der Waals surface area contributed by atoms with Gasteiger partial charge in [-0.15, -0.1) is 0 Å². The van der Waals surface area contributed by atoms with Crippen molar-refractivity contribution in [2.45, 2.75) is 64.2 Å². The van der Waals surface area contributed by atoms with Gasteiger partial charge in [-0.05, 0) is 38.0 Å². The minimum Gasteiger partial charge on any atom is -0.386 e. The lowest BCUT2D eigenvalue weighted by Gasteiger charge is -2.35. The second-order valence-electron chi connectivity index (χ2n) is 6.21. The van der Waals surface area contributed by atoms with E-state index in [1.165, 1.54) is 19.3 Å². The normalized spacial score (nSPS) is 47.3. The molecule has 0 radical (unpaired) electrons. The van der Waals surface area contributed by atoms with Gasteiger partial charge in [0, 0.05) is 25.6 Å². The van der Waals surface area contributed by atoms with Crippen molar-refractivity contribution in [1.29, 1.82) is 0 Å². The van der Waals surface area contributed by atoms with Crippen LogP contribution in [0, 0.1) is 11.8 Å². The molecule has 1 heterocycles. The molecule has 100 valence electrons. The maximum Gasteiger partial charge on any atom is 0.105 e. The van der Waals surface area contributed by atoms with E-state index < -0.39 is 5.60 Å². The van der Waals surface area contributed by atoms with E-state index in [1.807, 2.05) is 6.92 Å². The summed E-state index contributed by atoms with van der Waals surface area (Å²) in [5, 5.41) is 14.0. The van der Waals surface area contributed by atoms with Crippen LogP contribution in [0.15, 0.2) is 0 Å². The number of hydrogen-bond donors (Lipinski definition) is 2. The Labute approximate surface area is 105 Å². The van der Waals surface area contributed by atoms with Crippen LogP contribution in [-0.2, 0) is 4.74 Å². The fraction of sp³-hybridized carbons (Fsp3) is 1.00. The number of ether oxygens (including phenoxy) is 1. The summed E-state index contributed by atoms with van der Waals surface area (Å²) in [6.07, 6.45) is 4.53. The van der Waals surface area contributed by atoms with Gasteiger partial charge in [-0.2, -0.15) is 0 Å². The first-order chi connectivity index (χ1) is 8.01. The number of nitrogens with one attached hydrogen (secondary N) is 1. The molecule has 0 aromatic heterocycles. The summed E-state index contributed by atoms with van der Waals surface area (Å²) in [7, 11) is 0. The van der Waals surface area contributed by atoms with Crippen LogP contribution in [0.1, 0.15) is 46.5 Å². The van der Waals surface area contributed by atoms with Crippen molar-refractivity contribution in [3.8, 4) is 0 Å². The van der Waals surface area contributed by atoms with Crippen molar-refractivity contribution in [3.63, 3.8) is 0 Å². The minimum absolute atomic E-state index is 0.0325. The standard InChI is InChI=1S/C14H27NO2/c1-10-4-5-13(8-11(10)2)15-9-14(16)6-7-17-12(14)3/h10-13,15-16H,4-9H2,1-3H3. The van der Waals surface area contributed by atoms with Crippen molar-refractivity contribution in [3.05, 3.63) is 0 Å². The highest BCUT2D eigenvalue weighted by Crippen LogP contribution is 2.30. The summed E-state index contributed by atoms with van der Waals surface area (Å²) in [5.41, 5.74) is -0.647. The highest BCUT2D eigenvalue weighted by atomic mass is 16.5. The average molecular weight is 241 g/mol. The number of hydrogen-bond acceptors (Lipinski definition) is 3. The van der Waals surface area contributed by atoms with Crippen LogP contribution in [-0.4, -0.2) is 36.0 Å². The molecule has 2 aliphatic rings. The van der Waals surface area contributed by atoms with Crippen molar-refractivity contribution in [2.75, 3.05) is 13.2 Å². The lowest BCUT2D eigenvalue weighted by atomic mass is 9.79. The summed E-state index contributed by atoms with van der Waals surface area (Å²) in [4.78, 5) is 0. The molecular formula is C14H27NO2. The maximum atomic E-state index is 10.4. The molecule has 3 nitrogen and oxygen atoms in total. The molecule has 5 atom stereocenters. The molecule has 2 N–H and O–H groups in total. The highest BCUT2D eigenvalue weighted by molar-refractivity contribution is 4.93. The van der Waals surface area contributed by atoms with Gasteiger partial charge < -0.3 is 15.2 Å². The van der Waals surface area contributed by atoms with Gasteiger partial charge in [0.25, 0.3) is 0 Å². The van der Waals surface area contributed by atoms with Crippen molar-refractivity contribution >= 4 is 0 Å². The van der Waals surface area contributed by atoms with Gasteiger partial charge in [0.15, 0.2) is 0 Å². The van der Waals surface area contributed by atoms with Gasteiger partial charge in [0.1, 0.15) is 5.60 Å². The Morgan fingerprint density at radius 3 is 2.59 bits per heavy atom. The predicted octanol–water partition coefficient (Wildman–Crippen LogP) is 1.94. The van der Waals surface area contributed by atoms with Crippen LogP contribution in [0.25, 0.3) is 0 Å². The summed E-state index contributed by atoms with van der Waals surface area (Å²) < 4.78 is 5.46. The van der Waals surface area contributed by atoms with E-state index in [2.05, 4.69) is 19.2 Å². The molecule has 0 spiro atoms. The van der Waals surface area contributed by atoms with E-state index in [-0.39, 0.29) is 6.10 Å². The molecule has 1 aliphatic heterocycles. The van der Waals surface area contributed by atoms with E-state index in [4.69, 9.17) is 4.74 Å². The first-order valence-electron chi connectivity index (χ1n) is 7.08. The fourth-order valence-electron chi connectivity index (χ4n) is 3.06. The molecule has 1 aliphatic carbocycles. The van der Waals surface area contributed by atoms with Crippen LogP contribution in [0.5, 0.6) is 0 Å². The quantitative estimate of drug-likeness (QED) is 0.793. The second kappa shape index (κ2) is 5.25. The topological polar surface area (TPSA) is 41.5 Å². The predicted molar refractivity (Wildman–Crippen MR) is 69.0 cm³/mol. The molecular weight excluding hydrogens is 214 g/mol. The van der Waals surface area contributed by atoms with E-state index in [0.29, 0.717) is 19.2 Å². The Kier molecular flexibility index (Phi) is 4.11. The van der Waals surface area contributed by atoms with Crippen LogP contribution in [0.3, 0.4) is 0 Å². The van der Waals surface area contributed by atoms with Gasteiger partial charge in [-0.3, -0.25) is 0 Å². The lowest BCUT2D eigenvalue weighted by molar-refractivity contribution is -0.0289. The monoisotopic (exact) mass is 241 g/mol. The van der Waals surface area contributed by atoms with Gasteiger partial charge >= 0.3 is 0 Å². The van der Waals surface area contributed by atoms with Crippen molar-refractivity contribution < 1.29 is 9.84 Å². The highest BCUT2D eigenvalue weighted by Gasteiger charge is 2.39. The third-order valence-electron chi connectivity index (χ3n) is 4.95.